The number of nitrogens with zero attached hydrogens (tertiary/aromatic N) is 4. The molecule has 12 heteroatoms. The predicted octanol–water partition coefficient (Wildman–Crippen LogP) is 2.32. The number of hydrogen-bond acceptors (Lipinski definition) is 8. The number of aryl methyl sites for hydroxylation is 1. The summed E-state index contributed by atoms with van der Waals surface area (Å²) in [6.45, 7) is 5.45. The fourth-order valence-electron chi connectivity index (χ4n) is 4.90. The molecular formula is C28H32ClN5O6. The van der Waals surface area contributed by atoms with Crippen LogP contribution in [0.15, 0.2) is 41.2 Å². The number of rotatable bonds is 7. The lowest BCUT2D eigenvalue weighted by molar-refractivity contribution is 0.0250. The van der Waals surface area contributed by atoms with E-state index in [2.05, 4.69) is 15.3 Å². The number of nitrogens with one attached hydrogen (secondary N) is 1. The summed E-state index contributed by atoms with van der Waals surface area (Å²) in [6, 6.07) is 10.8. The summed E-state index contributed by atoms with van der Waals surface area (Å²) in [5, 5.41) is 8.04. The van der Waals surface area contributed by atoms with Crippen molar-refractivity contribution in [3.63, 3.8) is 0 Å². The van der Waals surface area contributed by atoms with Crippen LogP contribution in [0.5, 0.6) is 0 Å². The Morgan fingerprint density at radius 3 is 2.38 bits per heavy atom. The number of carbonyl (C=O) groups excluding carboxylic acids is 2. The molecule has 3 heterocycles. The zero-order chi connectivity index (χ0) is 28.1. The van der Waals surface area contributed by atoms with Crippen LogP contribution < -0.4 is 10.7 Å². The number of carbonyl (C=O) groups is 2. The molecule has 0 saturated carbocycles. The average molecular weight is 570 g/mol. The maximum Gasteiger partial charge on any atom is 0.410 e. The minimum atomic E-state index is -0.573. The van der Waals surface area contributed by atoms with Crippen LogP contribution in [0.25, 0.3) is 10.9 Å². The number of hydrogen-bond donors (Lipinski definition) is 1. The first-order valence-corrected chi connectivity index (χ1v) is 13.6. The van der Waals surface area contributed by atoms with Crippen LogP contribution in [-0.4, -0.2) is 84.2 Å². The number of ether oxygens (including phenoxy) is 3. The van der Waals surface area contributed by atoms with Gasteiger partial charge in [-0.05, 0) is 35.4 Å². The molecule has 2 fully saturated rings. The van der Waals surface area contributed by atoms with Gasteiger partial charge in [0.15, 0.2) is 5.69 Å². The Hall–Kier alpha value is -3.51. The monoisotopic (exact) mass is 569 g/mol. The van der Waals surface area contributed by atoms with E-state index in [0.29, 0.717) is 67.6 Å². The van der Waals surface area contributed by atoms with Gasteiger partial charge >= 0.3 is 6.09 Å². The lowest BCUT2D eigenvalue weighted by atomic mass is 10.0. The molecule has 0 unspecified atom stereocenters. The molecule has 0 bridgehead atoms. The van der Waals surface area contributed by atoms with Crippen LogP contribution in [0.4, 0.5) is 4.79 Å². The zero-order valence-electron chi connectivity index (χ0n) is 22.4. The van der Waals surface area contributed by atoms with Gasteiger partial charge in [-0.15, -0.1) is 0 Å². The van der Waals surface area contributed by atoms with E-state index in [1.54, 1.807) is 42.3 Å². The van der Waals surface area contributed by atoms with E-state index in [1.165, 1.54) is 4.68 Å². The zero-order valence-corrected chi connectivity index (χ0v) is 23.1. The fourth-order valence-corrected chi connectivity index (χ4v) is 5.03. The molecular weight excluding hydrogens is 538 g/mol. The smallest absolute Gasteiger partial charge is 0.410 e. The highest BCUT2D eigenvalue weighted by molar-refractivity contribution is 6.30. The van der Waals surface area contributed by atoms with Crippen molar-refractivity contribution in [2.24, 2.45) is 7.05 Å². The van der Waals surface area contributed by atoms with Crippen LogP contribution in [0.1, 0.15) is 27.2 Å². The fraction of sp³-hybridized carbons (Fsp3) is 0.429. The maximum absolute atomic E-state index is 13.6. The third kappa shape index (κ3) is 6.61. The molecule has 2 aliphatic heterocycles. The van der Waals surface area contributed by atoms with E-state index < -0.39 is 17.4 Å². The van der Waals surface area contributed by atoms with E-state index in [4.69, 9.17) is 25.8 Å². The molecule has 40 heavy (non-hydrogen) atoms. The number of aromatic nitrogens is 2. The summed E-state index contributed by atoms with van der Waals surface area (Å²) in [5.41, 5.74) is 2.19. The van der Waals surface area contributed by atoms with Crippen LogP contribution in [-0.2, 0) is 41.0 Å². The summed E-state index contributed by atoms with van der Waals surface area (Å²) < 4.78 is 17.9. The Morgan fingerprint density at radius 2 is 1.68 bits per heavy atom. The summed E-state index contributed by atoms with van der Waals surface area (Å²) in [5.74, 6) is -0.573. The van der Waals surface area contributed by atoms with Gasteiger partial charge in [0.25, 0.3) is 5.91 Å². The van der Waals surface area contributed by atoms with Gasteiger partial charge in [0.1, 0.15) is 6.61 Å². The molecule has 1 aromatic heterocycles. The van der Waals surface area contributed by atoms with Gasteiger partial charge in [-0.1, -0.05) is 23.7 Å². The van der Waals surface area contributed by atoms with Crippen molar-refractivity contribution in [1.29, 1.82) is 0 Å². The van der Waals surface area contributed by atoms with Gasteiger partial charge < -0.3 is 24.4 Å². The Morgan fingerprint density at radius 1 is 1.00 bits per heavy atom. The van der Waals surface area contributed by atoms with E-state index in [1.807, 2.05) is 6.07 Å². The second-order valence-corrected chi connectivity index (χ2v) is 10.2. The third-order valence-corrected chi connectivity index (χ3v) is 7.25. The van der Waals surface area contributed by atoms with E-state index >= 15 is 0 Å². The van der Waals surface area contributed by atoms with Crippen molar-refractivity contribution < 1.29 is 23.8 Å². The van der Waals surface area contributed by atoms with Crippen LogP contribution in [0, 0.1) is 0 Å². The standard InChI is InChI=1S/C28H32ClN5O6/c1-32-25-21(18-40-28(37)34-8-12-39-13-9-34)14-20(17-33-6-10-38-11-7-33)15-23(25)26(35)24(31-32)27(36)30-16-19-2-4-22(29)5-3-19/h2-5,14-15H,6-13,16-18H2,1H3,(H,30,36). The van der Waals surface area contributed by atoms with Crippen molar-refractivity contribution >= 4 is 34.5 Å². The van der Waals surface area contributed by atoms with Crippen molar-refractivity contribution in [1.82, 2.24) is 24.9 Å². The maximum atomic E-state index is 13.6. The highest BCUT2D eigenvalue weighted by atomic mass is 35.5. The largest absolute Gasteiger partial charge is 0.444 e. The summed E-state index contributed by atoms with van der Waals surface area (Å²) in [6.07, 6.45) is -0.439. The van der Waals surface area contributed by atoms with Gasteiger partial charge in [-0.2, -0.15) is 5.10 Å². The third-order valence-electron chi connectivity index (χ3n) is 6.99. The lowest BCUT2D eigenvalue weighted by Crippen LogP contribution is -2.41. The second kappa shape index (κ2) is 12.8. The number of fused-ring (bicyclic) bond motifs is 1. The highest BCUT2D eigenvalue weighted by Gasteiger charge is 2.22. The first kappa shape index (κ1) is 28.0. The molecule has 2 aliphatic rings. The molecule has 212 valence electrons. The summed E-state index contributed by atoms with van der Waals surface area (Å²) in [4.78, 5) is 43.2. The van der Waals surface area contributed by atoms with Gasteiger partial charge in [0.2, 0.25) is 5.43 Å². The summed E-state index contributed by atoms with van der Waals surface area (Å²) in [7, 11) is 1.67. The minimum Gasteiger partial charge on any atom is -0.444 e. The molecule has 2 amide bonds. The molecule has 5 rings (SSSR count). The molecule has 0 spiro atoms. The minimum absolute atomic E-state index is 0.0410. The van der Waals surface area contributed by atoms with Crippen LogP contribution >= 0.6 is 11.6 Å². The Labute approximate surface area is 236 Å². The van der Waals surface area contributed by atoms with E-state index in [-0.39, 0.29) is 18.8 Å². The SMILES string of the molecule is Cn1nc(C(=O)NCc2ccc(Cl)cc2)c(=O)c2cc(CN3CCOCC3)cc(COC(=O)N3CCOCC3)c21. The Kier molecular flexibility index (Phi) is 8.95. The van der Waals surface area contributed by atoms with Gasteiger partial charge in [-0.25, -0.2) is 4.79 Å². The quantitative estimate of drug-likeness (QED) is 0.461. The van der Waals surface area contributed by atoms with Crippen molar-refractivity contribution in [3.05, 3.63) is 74.0 Å². The lowest BCUT2D eigenvalue weighted by Gasteiger charge is -2.27. The van der Waals surface area contributed by atoms with E-state index in [0.717, 1.165) is 24.2 Å². The molecule has 0 atom stereocenters. The summed E-state index contributed by atoms with van der Waals surface area (Å²) >= 11 is 5.94. The number of benzene rings is 2. The number of morpholine rings is 2. The molecule has 0 aliphatic carbocycles. The molecule has 11 nitrogen and oxygen atoms in total. The first-order chi connectivity index (χ1) is 19.4. The molecule has 3 aromatic rings. The number of halogens is 1. The van der Waals surface area contributed by atoms with Crippen molar-refractivity contribution in [2.75, 3.05) is 52.6 Å². The van der Waals surface area contributed by atoms with Crippen molar-refractivity contribution in [3.8, 4) is 0 Å². The molecule has 0 radical (unpaired) electrons. The molecule has 1 N–H and O–H groups in total. The Balaban J connectivity index is 1.44. The normalized spacial score (nSPS) is 16.2. The van der Waals surface area contributed by atoms with Gasteiger partial charge in [0, 0.05) is 56.9 Å². The Bertz CT molecular complexity index is 1430. The van der Waals surface area contributed by atoms with Gasteiger partial charge in [-0.3, -0.25) is 19.2 Å². The van der Waals surface area contributed by atoms with E-state index in [9.17, 15) is 14.4 Å². The molecule has 2 saturated heterocycles. The molecule has 2 aromatic carbocycles. The first-order valence-electron chi connectivity index (χ1n) is 13.2. The van der Waals surface area contributed by atoms with Gasteiger partial charge in [0.05, 0.1) is 37.3 Å². The highest BCUT2D eigenvalue weighted by Crippen LogP contribution is 2.22. The predicted molar refractivity (Wildman–Crippen MR) is 148 cm³/mol. The average Bonchev–Trinajstić information content (AvgIpc) is 2.98. The van der Waals surface area contributed by atoms with Crippen LogP contribution in [0.3, 0.4) is 0 Å². The van der Waals surface area contributed by atoms with Crippen molar-refractivity contribution in [2.45, 2.75) is 19.7 Å². The topological polar surface area (TPSA) is 115 Å². The number of amides is 2. The van der Waals surface area contributed by atoms with Crippen LogP contribution in [0.2, 0.25) is 5.02 Å². The second-order valence-electron chi connectivity index (χ2n) is 9.80.